The number of hydrogen-bond donors (Lipinski definition) is 0. The maximum absolute atomic E-state index is 13.7. The minimum absolute atomic E-state index is 0.383. The lowest BCUT2D eigenvalue weighted by Gasteiger charge is -2.39. The molecular formula is C12H21F. The maximum Gasteiger partial charge on any atom is 0.108 e. The molecule has 0 N–H and O–H groups in total. The molecule has 2 saturated carbocycles. The van der Waals surface area contributed by atoms with Gasteiger partial charge in [0.2, 0.25) is 0 Å². The molecule has 3 unspecified atom stereocenters. The summed E-state index contributed by atoms with van der Waals surface area (Å²) in [7, 11) is 0. The predicted octanol–water partition coefficient (Wildman–Crippen LogP) is 3.95. The van der Waals surface area contributed by atoms with E-state index in [1.165, 1.54) is 6.42 Å². The molecule has 0 bridgehead atoms. The monoisotopic (exact) mass is 184 g/mol. The highest BCUT2D eigenvalue weighted by atomic mass is 19.1. The lowest BCUT2D eigenvalue weighted by atomic mass is 9.68. The molecule has 0 amide bonds. The molecular weight excluding hydrogens is 163 g/mol. The Morgan fingerprint density at radius 2 is 1.77 bits per heavy atom. The molecule has 2 aliphatic rings. The number of fused-ring (bicyclic) bond motifs is 1. The van der Waals surface area contributed by atoms with Gasteiger partial charge in [-0.05, 0) is 49.4 Å². The lowest BCUT2D eigenvalue weighted by molar-refractivity contribution is 0.0542. The molecule has 0 aromatic heterocycles. The van der Waals surface area contributed by atoms with Gasteiger partial charge in [-0.15, -0.1) is 0 Å². The average molecular weight is 184 g/mol. The summed E-state index contributed by atoms with van der Waals surface area (Å²) >= 11 is 0. The van der Waals surface area contributed by atoms with Crippen LogP contribution in [-0.4, -0.2) is 5.67 Å². The zero-order valence-corrected chi connectivity index (χ0v) is 9.28. The smallest absolute Gasteiger partial charge is 0.108 e. The van der Waals surface area contributed by atoms with E-state index in [2.05, 4.69) is 20.8 Å². The van der Waals surface area contributed by atoms with Gasteiger partial charge in [0.05, 0.1) is 0 Å². The van der Waals surface area contributed by atoms with Crippen molar-refractivity contribution < 1.29 is 4.39 Å². The molecule has 0 saturated heterocycles. The van der Waals surface area contributed by atoms with Gasteiger partial charge in [0.1, 0.15) is 5.67 Å². The Morgan fingerprint density at radius 3 is 2.23 bits per heavy atom. The van der Waals surface area contributed by atoms with Gasteiger partial charge in [-0.25, -0.2) is 4.39 Å². The molecule has 0 radical (unpaired) electrons. The van der Waals surface area contributed by atoms with Crippen molar-refractivity contribution in [3.63, 3.8) is 0 Å². The summed E-state index contributed by atoms with van der Waals surface area (Å²) in [5.74, 6) is 0.677. The number of hydrogen-bond acceptors (Lipinski definition) is 0. The van der Waals surface area contributed by atoms with Gasteiger partial charge < -0.3 is 0 Å². The fourth-order valence-electron chi connectivity index (χ4n) is 3.35. The van der Waals surface area contributed by atoms with E-state index < -0.39 is 5.67 Å². The van der Waals surface area contributed by atoms with E-state index in [9.17, 15) is 4.39 Å². The molecule has 2 rings (SSSR count). The summed E-state index contributed by atoms with van der Waals surface area (Å²) in [6.45, 7) is 8.72. The minimum Gasteiger partial charge on any atom is -0.244 e. The lowest BCUT2D eigenvalue weighted by Crippen LogP contribution is -2.33. The average Bonchev–Trinajstić information content (AvgIpc) is 2.58. The zero-order valence-electron chi connectivity index (χ0n) is 9.28. The van der Waals surface area contributed by atoms with Gasteiger partial charge in [0.25, 0.3) is 0 Å². The van der Waals surface area contributed by atoms with Crippen molar-refractivity contribution in [1.29, 1.82) is 0 Å². The first-order chi connectivity index (χ1) is 5.77. The van der Waals surface area contributed by atoms with Gasteiger partial charge in [-0.3, -0.25) is 0 Å². The molecule has 0 aromatic carbocycles. The highest BCUT2D eigenvalue weighted by Crippen LogP contribution is 2.71. The fraction of sp³-hybridized carbons (Fsp3) is 1.00. The van der Waals surface area contributed by atoms with Crippen LogP contribution in [-0.2, 0) is 0 Å². The van der Waals surface area contributed by atoms with Gasteiger partial charge in [-0.1, -0.05) is 20.8 Å². The summed E-state index contributed by atoms with van der Waals surface area (Å²) in [6, 6.07) is 0. The van der Waals surface area contributed by atoms with Crippen molar-refractivity contribution in [1.82, 2.24) is 0 Å². The summed E-state index contributed by atoms with van der Waals surface area (Å²) in [4.78, 5) is 0. The Hall–Kier alpha value is -0.0700. The highest BCUT2D eigenvalue weighted by molar-refractivity contribution is 5.13. The van der Waals surface area contributed by atoms with Gasteiger partial charge >= 0.3 is 0 Å². The van der Waals surface area contributed by atoms with Crippen LogP contribution in [0.2, 0.25) is 0 Å². The molecule has 2 aliphatic carbocycles. The predicted molar refractivity (Wildman–Crippen MR) is 53.4 cm³/mol. The largest absolute Gasteiger partial charge is 0.244 e. The topological polar surface area (TPSA) is 0 Å². The molecule has 76 valence electrons. The Labute approximate surface area is 80.9 Å². The van der Waals surface area contributed by atoms with Crippen LogP contribution in [0.5, 0.6) is 0 Å². The van der Waals surface area contributed by atoms with Gasteiger partial charge in [0.15, 0.2) is 0 Å². The van der Waals surface area contributed by atoms with E-state index in [-0.39, 0.29) is 0 Å². The Bertz CT molecular complexity index is 224. The number of halogens is 1. The van der Waals surface area contributed by atoms with E-state index in [0.29, 0.717) is 16.7 Å². The normalized spacial score (nSPS) is 50.1. The molecule has 1 heteroatoms. The minimum atomic E-state index is -0.865. The van der Waals surface area contributed by atoms with Gasteiger partial charge in [-0.2, -0.15) is 0 Å². The van der Waals surface area contributed by atoms with Crippen LogP contribution < -0.4 is 0 Å². The van der Waals surface area contributed by atoms with Crippen LogP contribution in [0.4, 0.5) is 4.39 Å². The van der Waals surface area contributed by atoms with E-state index in [4.69, 9.17) is 0 Å². The third-order valence-electron chi connectivity index (χ3n) is 4.49. The van der Waals surface area contributed by atoms with E-state index in [0.717, 1.165) is 19.3 Å². The standard InChI is InChI=1S/C12H21F/c1-10(2,3)12-6-5-11(4,13)7-9(12)8-12/h9H,5-8H2,1-4H3. The summed E-state index contributed by atoms with van der Waals surface area (Å²) in [5.41, 5.74) is 0.0166. The molecule has 0 heterocycles. The third kappa shape index (κ3) is 1.31. The van der Waals surface area contributed by atoms with Gasteiger partial charge in [0, 0.05) is 0 Å². The third-order valence-corrected chi connectivity index (χ3v) is 4.49. The summed E-state index contributed by atoms with van der Waals surface area (Å²) in [5, 5.41) is 0. The van der Waals surface area contributed by atoms with E-state index in [1.807, 2.05) is 0 Å². The molecule has 0 aromatic rings. The Kier molecular flexibility index (Phi) is 1.67. The first-order valence-electron chi connectivity index (χ1n) is 5.46. The van der Waals surface area contributed by atoms with Crippen molar-refractivity contribution >= 4 is 0 Å². The fourth-order valence-corrected chi connectivity index (χ4v) is 3.35. The Balaban J connectivity index is 2.12. The van der Waals surface area contributed by atoms with Crippen molar-refractivity contribution in [2.45, 2.75) is 59.0 Å². The second-order valence-corrected chi connectivity index (χ2v) is 6.42. The van der Waals surface area contributed by atoms with Crippen LogP contribution in [0.1, 0.15) is 53.4 Å². The van der Waals surface area contributed by atoms with Crippen LogP contribution in [0.15, 0.2) is 0 Å². The van der Waals surface area contributed by atoms with E-state index >= 15 is 0 Å². The first-order valence-corrected chi connectivity index (χ1v) is 5.46. The summed E-state index contributed by atoms with van der Waals surface area (Å²) in [6.07, 6.45) is 3.97. The van der Waals surface area contributed by atoms with E-state index in [1.54, 1.807) is 6.92 Å². The molecule has 0 aliphatic heterocycles. The zero-order chi connectivity index (χ0) is 9.91. The summed E-state index contributed by atoms with van der Waals surface area (Å²) < 4.78 is 13.7. The van der Waals surface area contributed by atoms with Crippen molar-refractivity contribution in [3.8, 4) is 0 Å². The molecule has 0 spiro atoms. The molecule has 0 nitrogen and oxygen atoms in total. The maximum atomic E-state index is 13.7. The van der Waals surface area contributed by atoms with Crippen molar-refractivity contribution in [3.05, 3.63) is 0 Å². The van der Waals surface area contributed by atoms with Crippen LogP contribution in [0, 0.1) is 16.7 Å². The highest BCUT2D eigenvalue weighted by Gasteiger charge is 2.64. The first kappa shape index (κ1) is 9.48. The number of rotatable bonds is 0. The molecule has 3 atom stereocenters. The SMILES string of the molecule is CC1(F)CCC2(C(C)(C)C)CC2C1. The Morgan fingerprint density at radius 1 is 1.15 bits per heavy atom. The number of alkyl halides is 1. The second kappa shape index (κ2) is 2.29. The quantitative estimate of drug-likeness (QED) is 0.534. The molecule has 2 fully saturated rings. The van der Waals surface area contributed by atoms with Crippen LogP contribution >= 0.6 is 0 Å². The molecule has 13 heavy (non-hydrogen) atoms. The van der Waals surface area contributed by atoms with Crippen LogP contribution in [0.25, 0.3) is 0 Å². The van der Waals surface area contributed by atoms with Crippen LogP contribution in [0.3, 0.4) is 0 Å². The second-order valence-electron chi connectivity index (χ2n) is 6.42. The van der Waals surface area contributed by atoms with Crippen molar-refractivity contribution in [2.75, 3.05) is 0 Å². The van der Waals surface area contributed by atoms with Crippen molar-refractivity contribution in [2.24, 2.45) is 16.7 Å².